The molecular formula is C23H19FN4O3. The first kappa shape index (κ1) is 20.2. The smallest absolute Gasteiger partial charge is 0.271 e. The molecule has 156 valence electrons. The van der Waals surface area contributed by atoms with Gasteiger partial charge in [-0.15, -0.1) is 0 Å². The van der Waals surface area contributed by atoms with Gasteiger partial charge in [0.25, 0.3) is 11.5 Å². The number of hydrogen-bond acceptors (Lipinski definition) is 4. The van der Waals surface area contributed by atoms with Crippen molar-refractivity contribution >= 4 is 17.5 Å². The van der Waals surface area contributed by atoms with Crippen LogP contribution in [0.2, 0.25) is 0 Å². The van der Waals surface area contributed by atoms with Gasteiger partial charge in [-0.25, -0.2) is 4.39 Å². The third-order valence-corrected chi connectivity index (χ3v) is 5.12. The van der Waals surface area contributed by atoms with Gasteiger partial charge in [-0.05, 0) is 48.4 Å². The molecule has 0 bridgehead atoms. The van der Waals surface area contributed by atoms with Crippen LogP contribution < -0.4 is 16.2 Å². The van der Waals surface area contributed by atoms with Crippen molar-refractivity contribution < 1.29 is 14.0 Å². The number of aryl methyl sites for hydroxylation is 1. The maximum Gasteiger partial charge on any atom is 0.271 e. The quantitative estimate of drug-likeness (QED) is 0.681. The van der Waals surface area contributed by atoms with E-state index in [9.17, 15) is 18.8 Å². The number of carbonyl (C=O) groups excluding carboxylic acids is 2. The Hall–Kier alpha value is -4.07. The minimum Gasteiger partial charge on any atom is -0.332 e. The Morgan fingerprint density at radius 3 is 2.68 bits per heavy atom. The Balaban J connectivity index is 1.64. The highest BCUT2D eigenvalue weighted by Crippen LogP contribution is 2.31. The molecule has 2 amide bonds. The first-order chi connectivity index (χ1) is 14.9. The van der Waals surface area contributed by atoms with Crippen LogP contribution in [-0.2, 0) is 9.59 Å². The summed E-state index contributed by atoms with van der Waals surface area (Å²) in [5.74, 6) is -1.52. The predicted octanol–water partition coefficient (Wildman–Crippen LogP) is 2.81. The normalized spacial score (nSPS) is 15.7. The fourth-order valence-corrected chi connectivity index (χ4v) is 3.45. The lowest BCUT2D eigenvalue weighted by Crippen LogP contribution is -2.32. The van der Waals surface area contributed by atoms with Crippen molar-refractivity contribution in [3.05, 3.63) is 99.9 Å². The standard InChI is InChI=1S/C23H19FN4O3/c1-14-4-9-17(28-22(30)3-2-10-26-28)11-20(14)27-23(31)19-13-25-21(29)12-18(19)15-5-7-16(24)8-6-15/h2-11,13,18H,12H2,1H3,(H,25,29)(H,27,31). The van der Waals surface area contributed by atoms with Crippen LogP contribution in [0, 0.1) is 12.7 Å². The molecule has 3 aromatic rings. The highest BCUT2D eigenvalue weighted by Gasteiger charge is 2.29. The van der Waals surface area contributed by atoms with Gasteiger partial charge in [0.1, 0.15) is 5.82 Å². The third-order valence-electron chi connectivity index (χ3n) is 5.12. The summed E-state index contributed by atoms with van der Waals surface area (Å²) in [4.78, 5) is 37.1. The van der Waals surface area contributed by atoms with E-state index in [0.717, 1.165) is 5.56 Å². The SMILES string of the molecule is Cc1ccc(-n2ncccc2=O)cc1NC(=O)C1=CNC(=O)CC1c1ccc(F)cc1. The molecule has 1 aliphatic rings. The number of carbonyl (C=O) groups is 2. The molecule has 2 N–H and O–H groups in total. The van der Waals surface area contributed by atoms with Gasteiger partial charge >= 0.3 is 0 Å². The summed E-state index contributed by atoms with van der Waals surface area (Å²) in [6.07, 6.45) is 2.97. The summed E-state index contributed by atoms with van der Waals surface area (Å²) >= 11 is 0. The molecule has 4 rings (SSSR count). The van der Waals surface area contributed by atoms with Crippen LogP contribution in [0.4, 0.5) is 10.1 Å². The average molecular weight is 418 g/mol. The predicted molar refractivity (Wildman–Crippen MR) is 113 cm³/mol. The second kappa shape index (κ2) is 8.35. The van der Waals surface area contributed by atoms with Gasteiger partial charge in [-0.2, -0.15) is 9.78 Å². The number of rotatable bonds is 4. The van der Waals surface area contributed by atoms with Crippen LogP contribution in [0.1, 0.15) is 23.5 Å². The maximum atomic E-state index is 13.3. The number of halogens is 1. The van der Waals surface area contributed by atoms with Crippen LogP contribution in [0.25, 0.3) is 5.69 Å². The van der Waals surface area contributed by atoms with Crippen molar-refractivity contribution in [1.29, 1.82) is 0 Å². The van der Waals surface area contributed by atoms with Gasteiger partial charge in [0.05, 0.1) is 5.69 Å². The van der Waals surface area contributed by atoms with E-state index in [0.29, 0.717) is 22.5 Å². The Morgan fingerprint density at radius 2 is 1.94 bits per heavy atom. The lowest BCUT2D eigenvalue weighted by molar-refractivity contribution is -0.121. The zero-order valence-corrected chi connectivity index (χ0v) is 16.6. The summed E-state index contributed by atoms with van der Waals surface area (Å²) in [6.45, 7) is 1.83. The number of aromatic nitrogens is 2. The highest BCUT2D eigenvalue weighted by atomic mass is 19.1. The molecule has 8 heteroatoms. The third kappa shape index (κ3) is 4.28. The van der Waals surface area contributed by atoms with Crippen molar-refractivity contribution in [2.75, 3.05) is 5.32 Å². The second-order valence-corrected chi connectivity index (χ2v) is 7.20. The van der Waals surface area contributed by atoms with E-state index in [4.69, 9.17) is 0 Å². The first-order valence-electron chi connectivity index (χ1n) is 9.64. The van der Waals surface area contributed by atoms with Gasteiger partial charge in [0.2, 0.25) is 5.91 Å². The minimum absolute atomic E-state index is 0.0766. The van der Waals surface area contributed by atoms with Crippen molar-refractivity contribution in [1.82, 2.24) is 15.1 Å². The number of nitrogens with zero attached hydrogens (tertiary/aromatic N) is 2. The molecule has 0 saturated carbocycles. The molecular weight excluding hydrogens is 399 g/mol. The van der Waals surface area contributed by atoms with Crippen molar-refractivity contribution in [3.8, 4) is 5.69 Å². The molecule has 7 nitrogen and oxygen atoms in total. The summed E-state index contributed by atoms with van der Waals surface area (Å²) < 4.78 is 14.6. The first-order valence-corrected chi connectivity index (χ1v) is 9.64. The Bertz CT molecular complexity index is 1250. The van der Waals surface area contributed by atoms with E-state index in [2.05, 4.69) is 15.7 Å². The Labute approximate surface area is 177 Å². The van der Waals surface area contributed by atoms with E-state index in [1.807, 2.05) is 6.92 Å². The minimum atomic E-state index is -0.503. The van der Waals surface area contributed by atoms with Gasteiger partial charge in [0.15, 0.2) is 0 Å². The zero-order valence-electron chi connectivity index (χ0n) is 16.6. The topological polar surface area (TPSA) is 93.1 Å². The summed E-state index contributed by atoms with van der Waals surface area (Å²) in [5, 5.41) is 9.50. The van der Waals surface area contributed by atoms with Crippen molar-refractivity contribution in [2.24, 2.45) is 0 Å². The zero-order chi connectivity index (χ0) is 22.0. The van der Waals surface area contributed by atoms with Crippen LogP contribution >= 0.6 is 0 Å². The number of benzene rings is 2. The lowest BCUT2D eigenvalue weighted by Gasteiger charge is -2.24. The number of nitrogens with one attached hydrogen (secondary N) is 2. The van der Waals surface area contributed by atoms with Crippen LogP contribution in [0.5, 0.6) is 0 Å². The van der Waals surface area contributed by atoms with Gasteiger partial charge in [0, 0.05) is 42.1 Å². The molecule has 1 unspecified atom stereocenters. The second-order valence-electron chi connectivity index (χ2n) is 7.20. The van der Waals surface area contributed by atoms with Gasteiger partial charge in [-0.3, -0.25) is 14.4 Å². The summed E-state index contributed by atoms with van der Waals surface area (Å²) in [7, 11) is 0. The molecule has 0 spiro atoms. The number of hydrogen-bond donors (Lipinski definition) is 2. The molecule has 1 aromatic heterocycles. The van der Waals surface area contributed by atoms with E-state index in [1.165, 1.54) is 35.3 Å². The van der Waals surface area contributed by atoms with Crippen molar-refractivity contribution in [3.63, 3.8) is 0 Å². The molecule has 1 aliphatic heterocycles. The van der Waals surface area contributed by atoms with Crippen LogP contribution in [-0.4, -0.2) is 21.6 Å². The maximum absolute atomic E-state index is 13.3. The Kier molecular flexibility index (Phi) is 5.44. The molecule has 2 heterocycles. The summed E-state index contributed by atoms with van der Waals surface area (Å²) in [6, 6.07) is 13.9. The molecule has 0 fully saturated rings. The number of amides is 2. The van der Waals surface area contributed by atoms with E-state index in [1.54, 1.807) is 36.4 Å². The number of anilines is 1. The van der Waals surface area contributed by atoms with E-state index < -0.39 is 17.6 Å². The molecule has 0 radical (unpaired) electrons. The van der Waals surface area contributed by atoms with Crippen LogP contribution in [0.15, 0.2) is 77.4 Å². The summed E-state index contributed by atoms with van der Waals surface area (Å²) in [5.41, 5.74) is 2.54. The molecule has 2 aromatic carbocycles. The molecule has 0 saturated heterocycles. The monoisotopic (exact) mass is 418 g/mol. The average Bonchev–Trinajstić information content (AvgIpc) is 2.76. The Morgan fingerprint density at radius 1 is 1.16 bits per heavy atom. The van der Waals surface area contributed by atoms with E-state index in [-0.39, 0.29) is 17.9 Å². The fourth-order valence-electron chi connectivity index (χ4n) is 3.45. The molecule has 0 aliphatic carbocycles. The lowest BCUT2D eigenvalue weighted by atomic mass is 9.86. The molecule has 31 heavy (non-hydrogen) atoms. The van der Waals surface area contributed by atoms with Crippen LogP contribution in [0.3, 0.4) is 0 Å². The van der Waals surface area contributed by atoms with Crippen molar-refractivity contribution in [2.45, 2.75) is 19.3 Å². The molecule has 1 atom stereocenters. The van der Waals surface area contributed by atoms with Gasteiger partial charge in [-0.1, -0.05) is 18.2 Å². The largest absolute Gasteiger partial charge is 0.332 e. The van der Waals surface area contributed by atoms with Gasteiger partial charge < -0.3 is 10.6 Å². The fraction of sp³-hybridized carbons (Fsp3) is 0.130. The van der Waals surface area contributed by atoms with E-state index >= 15 is 0 Å². The highest BCUT2D eigenvalue weighted by molar-refractivity contribution is 6.06.